The minimum absolute atomic E-state index is 0.138. The van der Waals surface area contributed by atoms with Crippen molar-refractivity contribution in [2.45, 2.75) is 39.5 Å². The van der Waals surface area contributed by atoms with Crippen LogP contribution >= 0.6 is 0 Å². The summed E-state index contributed by atoms with van der Waals surface area (Å²) in [6.07, 6.45) is 1.17. The summed E-state index contributed by atoms with van der Waals surface area (Å²) in [6, 6.07) is 26.6. The van der Waals surface area contributed by atoms with Crippen molar-refractivity contribution >= 4 is 34.6 Å². The lowest BCUT2D eigenvalue weighted by Gasteiger charge is -2.29. The van der Waals surface area contributed by atoms with Crippen molar-refractivity contribution in [1.29, 1.82) is 0 Å². The standard InChI is InChI=1S/C31H32N4O3/c1-4-25-28(30(36)34(32-25)22-15-9-7-10-16-22)27(21-14-13-19-24(20-21)38-6-3)29-26(5-2)33-35(31(29)37)23-17-11-8-12-18-23/h7-20,27-29H,4-6H2,1-3H3. The van der Waals surface area contributed by atoms with Gasteiger partial charge in [0, 0.05) is 5.92 Å². The Morgan fingerprint density at radius 3 is 1.66 bits per heavy atom. The number of para-hydroxylation sites is 2. The molecule has 0 N–H and O–H groups in total. The number of hydrogen-bond acceptors (Lipinski definition) is 5. The number of anilines is 2. The monoisotopic (exact) mass is 508 g/mol. The van der Waals surface area contributed by atoms with Crippen LogP contribution < -0.4 is 14.8 Å². The Labute approximate surface area is 223 Å². The number of hydrazone groups is 2. The van der Waals surface area contributed by atoms with Gasteiger partial charge in [-0.05, 0) is 61.7 Å². The fourth-order valence-corrected chi connectivity index (χ4v) is 5.40. The number of amides is 2. The van der Waals surface area contributed by atoms with Crippen molar-refractivity contribution in [2.75, 3.05) is 16.6 Å². The molecule has 2 amide bonds. The molecule has 3 aromatic rings. The van der Waals surface area contributed by atoms with Gasteiger partial charge in [0.2, 0.25) is 0 Å². The Balaban J connectivity index is 1.63. The normalized spacial score (nSPS) is 20.0. The molecule has 0 spiro atoms. The summed E-state index contributed by atoms with van der Waals surface area (Å²) in [5, 5.41) is 12.5. The Hall–Kier alpha value is -4.26. The molecule has 2 aliphatic rings. The van der Waals surface area contributed by atoms with Crippen molar-refractivity contribution in [3.8, 4) is 5.75 Å². The molecular weight excluding hydrogens is 476 g/mol. The highest BCUT2D eigenvalue weighted by molar-refractivity contribution is 6.20. The van der Waals surface area contributed by atoms with Crippen molar-refractivity contribution in [3.05, 3.63) is 90.5 Å². The Morgan fingerprint density at radius 2 is 1.21 bits per heavy atom. The van der Waals surface area contributed by atoms with Crippen molar-refractivity contribution < 1.29 is 14.3 Å². The topological polar surface area (TPSA) is 74.6 Å². The van der Waals surface area contributed by atoms with E-state index in [2.05, 4.69) is 0 Å². The maximum atomic E-state index is 14.1. The summed E-state index contributed by atoms with van der Waals surface area (Å²) >= 11 is 0. The fraction of sp³-hybridized carbons (Fsp3) is 0.290. The smallest absolute Gasteiger partial charge is 0.256 e. The Morgan fingerprint density at radius 1 is 0.711 bits per heavy atom. The second-order valence-electron chi connectivity index (χ2n) is 9.35. The summed E-state index contributed by atoms with van der Waals surface area (Å²) < 4.78 is 5.81. The molecule has 3 aromatic carbocycles. The van der Waals surface area contributed by atoms with E-state index in [1.54, 1.807) is 0 Å². The van der Waals surface area contributed by atoms with Gasteiger partial charge in [0.05, 0.1) is 41.2 Å². The van der Waals surface area contributed by atoms with Gasteiger partial charge in [-0.2, -0.15) is 10.2 Å². The SMILES string of the molecule is CCOc1cccc(C(C2C(=O)N(c3ccccc3)N=C2CC)C2C(=O)N(c3ccccc3)N=C2CC)c1. The Bertz CT molecular complexity index is 1290. The van der Waals surface area contributed by atoms with Crippen LogP contribution in [0.25, 0.3) is 0 Å². The van der Waals surface area contributed by atoms with Crippen LogP contribution in [-0.2, 0) is 9.59 Å². The second kappa shape index (κ2) is 11.0. The lowest BCUT2D eigenvalue weighted by atomic mass is 9.71. The number of carbonyl (C=O) groups is 2. The van der Waals surface area contributed by atoms with E-state index < -0.39 is 17.8 Å². The first-order valence-corrected chi connectivity index (χ1v) is 13.2. The summed E-state index contributed by atoms with van der Waals surface area (Å²) in [6.45, 7) is 6.46. The predicted molar refractivity (Wildman–Crippen MR) is 151 cm³/mol. The van der Waals surface area contributed by atoms with E-state index in [-0.39, 0.29) is 11.8 Å². The van der Waals surface area contributed by atoms with Crippen LogP contribution in [0.15, 0.2) is 95.1 Å². The molecule has 38 heavy (non-hydrogen) atoms. The fourth-order valence-electron chi connectivity index (χ4n) is 5.40. The molecule has 2 unspecified atom stereocenters. The van der Waals surface area contributed by atoms with Gasteiger partial charge < -0.3 is 4.74 Å². The average molecular weight is 509 g/mol. The largest absolute Gasteiger partial charge is 0.494 e. The highest BCUT2D eigenvalue weighted by atomic mass is 16.5. The number of hydrogen-bond donors (Lipinski definition) is 0. The van der Waals surface area contributed by atoms with E-state index >= 15 is 0 Å². The van der Waals surface area contributed by atoms with Gasteiger partial charge >= 0.3 is 0 Å². The summed E-state index contributed by atoms with van der Waals surface area (Å²) in [4.78, 5) is 28.3. The molecule has 2 atom stereocenters. The lowest BCUT2D eigenvalue weighted by molar-refractivity contribution is -0.122. The molecule has 0 aliphatic carbocycles. The molecule has 5 rings (SSSR count). The molecule has 7 nitrogen and oxygen atoms in total. The molecular formula is C31H32N4O3. The van der Waals surface area contributed by atoms with E-state index in [0.29, 0.717) is 36.6 Å². The zero-order valence-electron chi connectivity index (χ0n) is 21.9. The molecule has 2 aliphatic heterocycles. The third-order valence-electron chi connectivity index (χ3n) is 7.12. The van der Waals surface area contributed by atoms with Gasteiger partial charge in [0.15, 0.2) is 0 Å². The number of ether oxygens (including phenoxy) is 1. The van der Waals surface area contributed by atoms with Crippen LogP contribution in [0.4, 0.5) is 11.4 Å². The molecule has 7 heteroatoms. The van der Waals surface area contributed by atoms with Crippen molar-refractivity contribution in [2.24, 2.45) is 22.0 Å². The lowest BCUT2D eigenvalue weighted by Crippen LogP contribution is -2.40. The Kier molecular flexibility index (Phi) is 7.36. The molecule has 0 radical (unpaired) electrons. The van der Waals surface area contributed by atoms with Crippen molar-refractivity contribution in [1.82, 2.24) is 0 Å². The number of carbonyl (C=O) groups excluding carboxylic acids is 2. The van der Waals surface area contributed by atoms with Crippen LogP contribution in [0, 0.1) is 11.8 Å². The molecule has 0 aromatic heterocycles. The minimum atomic E-state index is -0.612. The predicted octanol–water partition coefficient (Wildman–Crippen LogP) is 6.03. The van der Waals surface area contributed by atoms with Gasteiger partial charge in [-0.25, -0.2) is 10.0 Å². The summed E-state index contributed by atoms with van der Waals surface area (Å²) in [7, 11) is 0. The average Bonchev–Trinajstić information content (AvgIpc) is 3.47. The highest BCUT2D eigenvalue weighted by Gasteiger charge is 2.51. The van der Waals surface area contributed by atoms with Gasteiger partial charge in [0.1, 0.15) is 5.75 Å². The molecule has 2 heterocycles. The minimum Gasteiger partial charge on any atom is -0.494 e. The third kappa shape index (κ3) is 4.60. The van der Waals surface area contributed by atoms with E-state index in [1.165, 1.54) is 10.0 Å². The van der Waals surface area contributed by atoms with Crippen LogP contribution in [0.3, 0.4) is 0 Å². The van der Waals surface area contributed by atoms with Crippen LogP contribution in [0.2, 0.25) is 0 Å². The van der Waals surface area contributed by atoms with E-state index in [1.807, 2.05) is 106 Å². The van der Waals surface area contributed by atoms with Gasteiger partial charge in [-0.3, -0.25) is 9.59 Å². The van der Waals surface area contributed by atoms with E-state index in [9.17, 15) is 9.59 Å². The molecule has 0 fully saturated rings. The van der Waals surface area contributed by atoms with E-state index in [0.717, 1.165) is 17.0 Å². The summed E-state index contributed by atoms with van der Waals surface area (Å²) in [5.41, 5.74) is 3.79. The van der Waals surface area contributed by atoms with Gasteiger partial charge in [-0.15, -0.1) is 0 Å². The van der Waals surface area contributed by atoms with E-state index in [4.69, 9.17) is 14.9 Å². The maximum absolute atomic E-state index is 14.1. The first-order chi connectivity index (χ1) is 18.6. The zero-order chi connectivity index (χ0) is 26.6. The molecule has 194 valence electrons. The third-order valence-corrected chi connectivity index (χ3v) is 7.12. The van der Waals surface area contributed by atoms with Crippen LogP contribution in [0.5, 0.6) is 5.75 Å². The first kappa shape index (κ1) is 25.4. The number of nitrogens with zero attached hydrogens (tertiary/aromatic N) is 4. The van der Waals surface area contributed by atoms with Crippen molar-refractivity contribution in [3.63, 3.8) is 0 Å². The number of benzene rings is 3. The number of rotatable bonds is 9. The molecule has 0 saturated heterocycles. The zero-order valence-corrected chi connectivity index (χ0v) is 21.9. The van der Waals surface area contributed by atoms with Gasteiger partial charge in [-0.1, -0.05) is 62.4 Å². The maximum Gasteiger partial charge on any atom is 0.256 e. The van der Waals surface area contributed by atoms with Crippen LogP contribution in [-0.4, -0.2) is 29.8 Å². The second-order valence-corrected chi connectivity index (χ2v) is 9.35. The quantitative estimate of drug-likeness (QED) is 0.354. The molecule has 0 saturated carbocycles. The molecule has 0 bridgehead atoms. The van der Waals surface area contributed by atoms with Crippen LogP contribution in [0.1, 0.15) is 45.1 Å². The van der Waals surface area contributed by atoms with Gasteiger partial charge in [0.25, 0.3) is 11.8 Å². The highest BCUT2D eigenvalue weighted by Crippen LogP contribution is 2.44. The summed E-state index contributed by atoms with van der Waals surface area (Å²) in [5.74, 6) is -1.29. The first-order valence-electron chi connectivity index (χ1n) is 13.2.